The Morgan fingerprint density at radius 1 is 1.21 bits per heavy atom. The van der Waals surface area contributed by atoms with Crippen LogP contribution in [-0.2, 0) is 10.0 Å². The Morgan fingerprint density at radius 3 is 2.43 bits per heavy atom. The number of sulfonamides is 1. The Labute approximate surface area is 85.2 Å². The summed E-state index contributed by atoms with van der Waals surface area (Å²) < 4.78 is 25.7. The van der Waals surface area contributed by atoms with Crippen LogP contribution in [0.25, 0.3) is 0 Å². The second-order valence-electron chi connectivity index (χ2n) is 2.92. The van der Waals surface area contributed by atoms with Crippen LogP contribution in [0.3, 0.4) is 0 Å². The molecule has 4 heteroatoms. The first-order chi connectivity index (χ1) is 6.67. The second-order valence-corrected chi connectivity index (χ2v) is 4.68. The molecule has 0 saturated carbocycles. The lowest BCUT2D eigenvalue weighted by molar-refractivity contribution is 0.579. The standard InChI is InChI=1S/C10H14NO2S/c1-2-3-9-11-14(12,13)10-7-5-4-6-8-10/h4-8,11H,1-3,9H2. The molecule has 1 radical (unpaired) electrons. The summed E-state index contributed by atoms with van der Waals surface area (Å²) in [6, 6.07) is 8.35. The fraction of sp³-hybridized carbons (Fsp3) is 0.300. The van der Waals surface area contributed by atoms with E-state index in [1.54, 1.807) is 30.3 Å². The zero-order valence-corrected chi connectivity index (χ0v) is 8.76. The van der Waals surface area contributed by atoms with Crippen molar-refractivity contribution < 1.29 is 8.42 Å². The third-order valence-electron chi connectivity index (χ3n) is 1.77. The largest absolute Gasteiger partial charge is 0.240 e. The highest BCUT2D eigenvalue weighted by molar-refractivity contribution is 7.89. The van der Waals surface area contributed by atoms with Gasteiger partial charge in [-0.3, -0.25) is 0 Å². The van der Waals surface area contributed by atoms with E-state index >= 15 is 0 Å². The minimum Gasteiger partial charge on any atom is -0.211 e. The fourth-order valence-electron chi connectivity index (χ4n) is 1.01. The van der Waals surface area contributed by atoms with Crippen LogP contribution in [0.2, 0.25) is 0 Å². The molecule has 0 unspecified atom stereocenters. The molecule has 77 valence electrons. The van der Waals surface area contributed by atoms with Gasteiger partial charge in [0.15, 0.2) is 0 Å². The lowest BCUT2D eigenvalue weighted by Gasteiger charge is -2.04. The summed E-state index contributed by atoms with van der Waals surface area (Å²) in [6.45, 7) is 4.09. The predicted octanol–water partition coefficient (Wildman–Crippen LogP) is 1.58. The summed E-state index contributed by atoms with van der Waals surface area (Å²) in [4.78, 5) is 0.309. The van der Waals surface area contributed by atoms with Crippen molar-refractivity contribution in [2.24, 2.45) is 0 Å². The minimum absolute atomic E-state index is 0.309. The summed E-state index contributed by atoms with van der Waals surface area (Å²) in [7, 11) is -3.31. The van der Waals surface area contributed by atoms with E-state index in [-0.39, 0.29) is 0 Å². The molecule has 0 atom stereocenters. The maximum absolute atomic E-state index is 11.6. The molecule has 0 fully saturated rings. The van der Waals surface area contributed by atoms with E-state index in [2.05, 4.69) is 11.6 Å². The monoisotopic (exact) mass is 212 g/mol. The van der Waals surface area contributed by atoms with E-state index in [4.69, 9.17) is 0 Å². The summed E-state index contributed by atoms with van der Waals surface area (Å²) in [5.41, 5.74) is 0. The van der Waals surface area contributed by atoms with Gasteiger partial charge in [0.1, 0.15) is 0 Å². The van der Waals surface area contributed by atoms with E-state index in [0.29, 0.717) is 11.4 Å². The molecule has 0 bridgehead atoms. The van der Waals surface area contributed by atoms with Crippen LogP contribution >= 0.6 is 0 Å². The highest BCUT2D eigenvalue weighted by Crippen LogP contribution is 2.06. The smallest absolute Gasteiger partial charge is 0.211 e. The zero-order valence-electron chi connectivity index (χ0n) is 7.94. The minimum atomic E-state index is -3.31. The van der Waals surface area contributed by atoms with Crippen LogP contribution in [-0.4, -0.2) is 15.0 Å². The first-order valence-corrected chi connectivity index (χ1v) is 5.99. The molecule has 0 spiro atoms. The summed E-state index contributed by atoms with van der Waals surface area (Å²) >= 11 is 0. The SMILES string of the molecule is [CH2]CCCNS(=O)(=O)c1ccccc1. The number of hydrogen-bond donors (Lipinski definition) is 1. The highest BCUT2D eigenvalue weighted by Gasteiger charge is 2.11. The summed E-state index contributed by atoms with van der Waals surface area (Å²) in [5.74, 6) is 0. The van der Waals surface area contributed by atoms with Crippen LogP contribution in [0.15, 0.2) is 35.2 Å². The average Bonchev–Trinajstić information content (AvgIpc) is 2.19. The summed E-state index contributed by atoms with van der Waals surface area (Å²) in [6.07, 6.45) is 1.49. The van der Waals surface area contributed by atoms with Crippen molar-refractivity contribution in [3.05, 3.63) is 37.3 Å². The van der Waals surface area contributed by atoms with Crippen molar-refractivity contribution in [2.45, 2.75) is 17.7 Å². The van der Waals surface area contributed by atoms with Gasteiger partial charge in [-0.1, -0.05) is 31.5 Å². The van der Waals surface area contributed by atoms with Crippen molar-refractivity contribution in [2.75, 3.05) is 6.54 Å². The molecule has 1 N–H and O–H groups in total. The number of rotatable bonds is 5. The van der Waals surface area contributed by atoms with Crippen molar-refractivity contribution in [1.82, 2.24) is 4.72 Å². The number of benzene rings is 1. The van der Waals surface area contributed by atoms with Gasteiger partial charge in [-0.2, -0.15) is 0 Å². The Balaban J connectivity index is 2.67. The maximum Gasteiger partial charge on any atom is 0.240 e. The molecule has 14 heavy (non-hydrogen) atoms. The van der Waals surface area contributed by atoms with Crippen LogP contribution in [0.5, 0.6) is 0 Å². The highest BCUT2D eigenvalue weighted by atomic mass is 32.2. The third-order valence-corrected chi connectivity index (χ3v) is 3.25. The molecule has 0 aromatic heterocycles. The summed E-state index contributed by atoms with van der Waals surface area (Å²) in [5, 5.41) is 0. The zero-order chi connectivity index (χ0) is 10.4. The third kappa shape index (κ3) is 3.12. The van der Waals surface area contributed by atoms with E-state index in [1.165, 1.54) is 0 Å². The van der Waals surface area contributed by atoms with Crippen LogP contribution in [0, 0.1) is 6.92 Å². The van der Waals surface area contributed by atoms with Gasteiger partial charge in [0.2, 0.25) is 10.0 Å². The van der Waals surface area contributed by atoms with E-state index in [9.17, 15) is 8.42 Å². The lowest BCUT2D eigenvalue weighted by Crippen LogP contribution is -2.24. The van der Waals surface area contributed by atoms with Crippen molar-refractivity contribution >= 4 is 10.0 Å². The normalized spacial score (nSPS) is 11.5. The molecule has 0 amide bonds. The Bertz CT molecular complexity index is 359. The van der Waals surface area contributed by atoms with Gasteiger partial charge >= 0.3 is 0 Å². The van der Waals surface area contributed by atoms with Crippen molar-refractivity contribution in [3.63, 3.8) is 0 Å². The first-order valence-electron chi connectivity index (χ1n) is 4.51. The van der Waals surface area contributed by atoms with E-state index in [1.807, 2.05) is 0 Å². The van der Waals surface area contributed by atoms with Gasteiger partial charge in [0, 0.05) is 6.54 Å². The number of unbranched alkanes of at least 4 members (excludes halogenated alkanes) is 1. The molecular weight excluding hydrogens is 198 g/mol. The predicted molar refractivity (Wildman–Crippen MR) is 56.2 cm³/mol. The average molecular weight is 212 g/mol. The van der Waals surface area contributed by atoms with Gasteiger partial charge in [0.05, 0.1) is 4.90 Å². The second kappa shape index (κ2) is 5.12. The van der Waals surface area contributed by atoms with Crippen molar-refractivity contribution in [1.29, 1.82) is 0 Å². The molecule has 3 nitrogen and oxygen atoms in total. The molecule has 1 aromatic rings. The molecule has 1 rings (SSSR count). The van der Waals surface area contributed by atoms with Gasteiger partial charge in [-0.25, -0.2) is 13.1 Å². The molecule has 0 saturated heterocycles. The first kappa shape index (κ1) is 11.2. The lowest BCUT2D eigenvalue weighted by atomic mass is 10.3. The van der Waals surface area contributed by atoms with Gasteiger partial charge < -0.3 is 0 Å². The fourth-order valence-corrected chi connectivity index (χ4v) is 2.11. The number of nitrogens with one attached hydrogen (secondary N) is 1. The Hall–Kier alpha value is -0.870. The Morgan fingerprint density at radius 2 is 1.86 bits per heavy atom. The van der Waals surface area contributed by atoms with Gasteiger partial charge in [0.25, 0.3) is 0 Å². The Kier molecular flexibility index (Phi) is 4.10. The molecule has 0 aliphatic heterocycles. The molecule has 0 aliphatic rings. The van der Waals surface area contributed by atoms with E-state index < -0.39 is 10.0 Å². The topological polar surface area (TPSA) is 46.2 Å². The quantitative estimate of drug-likeness (QED) is 0.753. The molecule has 0 aliphatic carbocycles. The van der Waals surface area contributed by atoms with Crippen LogP contribution < -0.4 is 4.72 Å². The van der Waals surface area contributed by atoms with Gasteiger partial charge in [-0.15, -0.1) is 0 Å². The number of hydrogen-bond acceptors (Lipinski definition) is 2. The maximum atomic E-state index is 11.6. The van der Waals surface area contributed by atoms with Crippen molar-refractivity contribution in [3.8, 4) is 0 Å². The molecule has 0 heterocycles. The van der Waals surface area contributed by atoms with Crippen LogP contribution in [0.1, 0.15) is 12.8 Å². The molecule has 1 aromatic carbocycles. The molecular formula is C10H14NO2S. The van der Waals surface area contributed by atoms with Gasteiger partial charge in [-0.05, 0) is 18.6 Å². The van der Waals surface area contributed by atoms with Crippen LogP contribution in [0.4, 0.5) is 0 Å². The van der Waals surface area contributed by atoms with E-state index in [0.717, 1.165) is 12.8 Å².